The number of hydrogen-bond donors (Lipinski definition) is 2. The Morgan fingerprint density at radius 2 is 2.09 bits per heavy atom. The summed E-state index contributed by atoms with van der Waals surface area (Å²) >= 11 is 0.987. The zero-order valence-corrected chi connectivity index (χ0v) is 13.1. The van der Waals surface area contributed by atoms with E-state index in [1.54, 1.807) is 6.92 Å². The number of carbonyl (C=O) groups is 1. The summed E-state index contributed by atoms with van der Waals surface area (Å²) in [5, 5.41) is 15.4. The third-order valence-corrected chi connectivity index (χ3v) is 4.65. The minimum Gasteiger partial charge on any atom is -0.394 e. The lowest BCUT2D eigenvalue weighted by Gasteiger charge is -2.40. The molecule has 0 saturated heterocycles. The number of nitrogens with zero attached hydrogens (tertiary/aromatic N) is 2. The van der Waals surface area contributed by atoms with Gasteiger partial charge in [0.15, 0.2) is 0 Å². The summed E-state index contributed by atoms with van der Waals surface area (Å²) in [6, 6.07) is 0. The molecule has 0 spiro atoms. The van der Waals surface area contributed by atoms with E-state index < -0.39 is 11.5 Å². The average Bonchev–Trinajstić information content (AvgIpc) is 2.91. The lowest BCUT2D eigenvalue weighted by atomic mass is 9.82. The van der Waals surface area contributed by atoms with Crippen LogP contribution in [0.4, 0.5) is 8.78 Å². The Kier molecular flexibility index (Phi) is 5.41. The van der Waals surface area contributed by atoms with Crippen molar-refractivity contribution >= 4 is 17.4 Å². The second-order valence-electron chi connectivity index (χ2n) is 5.48. The van der Waals surface area contributed by atoms with Gasteiger partial charge in [0.05, 0.1) is 24.5 Å². The second kappa shape index (κ2) is 6.93. The normalized spacial score (nSPS) is 19.8. The van der Waals surface area contributed by atoms with E-state index in [1.807, 2.05) is 0 Å². The number of aryl methyl sites for hydroxylation is 1. The molecular formula is C13H19F2N3O3S. The number of alkyl halides is 2. The van der Waals surface area contributed by atoms with Crippen LogP contribution in [0.1, 0.15) is 41.0 Å². The van der Waals surface area contributed by atoms with Crippen molar-refractivity contribution in [3.05, 3.63) is 10.6 Å². The molecule has 1 aliphatic carbocycles. The van der Waals surface area contributed by atoms with Crippen molar-refractivity contribution in [2.75, 3.05) is 19.8 Å². The number of amides is 1. The van der Waals surface area contributed by atoms with Crippen LogP contribution in [-0.2, 0) is 4.74 Å². The number of ether oxygens (including phenoxy) is 1. The zero-order valence-electron chi connectivity index (χ0n) is 12.3. The van der Waals surface area contributed by atoms with Crippen LogP contribution in [0.3, 0.4) is 0 Å². The Balaban J connectivity index is 1.98. The number of halogens is 2. The Labute approximate surface area is 131 Å². The second-order valence-corrected chi connectivity index (χ2v) is 6.24. The number of hydrogen-bond acceptors (Lipinski definition) is 6. The van der Waals surface area contributed by atoms with Crippen LogP contribution in [0.5, 0.6) is 0 Å². The molecule has 6 nitrogen and oxygen atoms in total. The van der Waals surface area contributed by atoms with Gasteiger partial charge in [0, 0.05) is 19.4 Å². The van der Waals surface area contributed by atoms with Crippen molar-refractivity contribution in [1.29, 1.82) is 0 Å². The summed E-state index contributed by atoms with van der Waals surface area (Å²) in [6.45, 7) is 1.67. The van der Waals surface area contributed by atoms with Crippen molar-refractivity contribution in [2.45, 2.75) is 44.1 Å². The lowest BCUT2D eigenvalue weighted by Crippen LogP contribution is -2.49. The quantitative estimate of drug-likeness (QED) is 0.824. The molecule has 0 atom stereocenters. The molecule has 1 aromatic rings. The topological polar surface area (TPSA) is 84.3 Å². The van der Waals surface area contributed by atoms with E-state index in [0.717, 1.165) is 11.5 Å². The van der Waals surface area contributed by atoms with Crippen molar-refractivity contribution in [3.63, 3.8) is 0 Å². The Morgan fingerprint density at radius 3 is 2.64 bits per heavy atom. The van der Waals surface area contributed by atoms with Crippen molar-refractivity contribution in [2.24, 2.45) is 0 Å². The van der Waals surface area contributed by atoms with Gasteiger partial charge in [-0.3, -0.25) is 4.79 Å². The van der Waals surface area contributed by atoms with Crippen LogP contribution in [0.15, 0.2) is 0 Å². The molecular weight excluding hydrogens is 316 g/mol. The highest BCUT2D eigenvalue weighted by Gasteiger charge is 2.44. The molecule has 1 aliphatic rings. The third-order valence-electron chi connectivity index (χ3n) is 3.82. The van der Waals surface area contributed by atoms with Crippen LogP contribution >= 0.6 is 11.5 Å². The number of aliphatic hydroxyl groups is 1. The first-order valence-electron chi connectivity index (χ1n) is 7.07. The minimum atomic E-state index is -2.69. The largest absolute Gasteiger partial charge is 0.394 e. The SMILES string of the molecule is Cc1nnsc1C(=O)NCC1(OCCO)CCC(F)(F)CC1. The average molecular weight is 335 g/mol. The highest BCUT2D eigenvalue weighted by molar-refractivity contribution is 7.07. The molecule has 0 aromatic carbocycles. The summed E-state index contributed by atoms with van der Waals surface area (Å²) < 4.78 is 36.0. The van der Waals surface area contributed by atoms with E-state index in [2.05, 4.69) is 14.9 Å². The highest BCUT2D eigenvalue weighted by atomic mass is 32.1. The zero-order chi connectivity index (χ0) is 16.2. The van der Waals surface area contributed by atoms with Gasteiger partial charge < -0.3 is 15.2 Å². The molecule has 1 saturated carbocycles. The number of nitrogens with one attached hydrogen (secondary N) is 1. The summed E-state index contributed by atoms with van der Waals surface area (Å²) in [5.41, 5.74) is -0.325. The van der Waals surface area contributed by atoms with Gasteiger partial charge in [0.25, 0.3) is 5.91 Å². The number of aliphatic hydroxyl groups excluding tert-OH is 1. The molecule has 1 amide bonds. The Morgan fingerprint density at radius 1 is 1.41 bits per heavy atom. The minimum absolute atomic E-state index is 0.0581. The molecule has 2 N–H and O–H groups in total. The molecule has 2 rings (SSSR count). The van der Waals surface area contributed by atoms with E-state index in [4.69, 9.17) is 9.84 Å². The molecule has 0 bridgehead atoms. The van der Waals surface area contributed by atoms with Crippen LogP contribution in [0.25, 0.3) is 0 Å². The predicted molar refractivity (Wildman–Crippen MR) is 76.2 cm³/mol. The molecule has 1 heterocycles. The molecule has 9 heteroatoms. The maximum absolute atomic E-state index is 13.3. The van der Waals surface area contributed by atoms with Crippen LogP contribution < -0.4 is 5.32 Å². The van der Waals surface area contributed by atoms with Crippen molar-refractivity contribution in [1.82, 2.24) is 14.9 Å². The Hall–Kier alpha value is -1.19. The van der Waals surface area contributed by atoms with E-state index >= 15 is 0 Å². The molecule has 22 heavy (non-hydrogen) atoms. The van der Waals surface area contributed by atoms with Gasteiger partial charge in [-0.1, -0.05) is 4.49 Å². The van der Waals surface area contributed by atoms with Crippen molar-refractivity contribution in [3.8, 4) is 0 Å². The molecule has 0 radical (unpaired) electrons. The monoisotopic (exact) mass is 335 g/mol. The lowest BCUT2D eigenvalue weighted by molar-refractivity contribution is -0.134. The Bertz CT molecular complexity index is 514. The first-order valence-corrected chi connectivity index (χ1v) is 7.85. The fraction of sp³-hybridized carbons (Fsp3) is 0.769. The van der Waals surface area contributed by atoms with Crippen LogP contribution in [-0.4, -0.2) is 51.9 Å². The summed E-state index contributed by atoms with van der Waals surface area (Å²) in [7, 11) is 0. The smallest absolute Gasteiger partial charge is 0.265 e. The number of aromatic nitrogens is 2. The molecule has 1 fully saturated rings. The van der Waals surface area contributed by atoms with Gasteiger partial charge in [-0.25, -0.2) is 8.78 Å². The van der Waals surface area contributed by atoms with Gasteiger partial charge in [-0.15, -0.1) is 5.10 Å². The van der Waals surface area contributed by atoms with E-state index in [-0.39, 0.29) is 51.3 Å². The molecule has 1 aromatic heterocycles. The predicted octanol–water partition coefficient (Wildman–Crippen LogP) is 1.53. The standard InChI is InChI=1S/C13H19F2N3O3S/c1-9-10(22-18-17-9)11(20)16-8-12(21-7-6-19)2-4-13(14,15)5-3-12/h19H,2-8H2,1H3,(H,16,20). The number of rotatable bonds is 6. The highest BCUT2D eigenvalue weighted by Crippen LogP contribution is 2.40. The van der Waals surface area contributed by atoms with Gasteiger partial charge >= 0.3 is 0 Å². The van der Waals surface area contributed by atoms with E-state index in [9.17, 15) is 13.6 Å². The fourth-order valence-corrected chi connectivity index (χ4v) is 3.04. The van der Waals surface area contributed by atoms with Gasteiger partial charge in [-0.05, 0) is 31.3 Å². The van der Waals surface area contributed by atoms with Crippen LogP contribution in [0, 0.1) is 6.92 Å². The van der Waals surface area contributed by atoms with Gasteiger partial charge in [0.1, 0.15) is 4.88 Å². The third kappa shape index (κ3) is 4.17. The maximum Gasteiger partial charge on any atom is 0.265 e. The van der Waals surface area contributed by atoms with Crippen LogP contribution in [0.2, 0.25) is 0 Å². The van der Waals surface area contributed by atoms with Crippen molar-refractivity contribution < 1.29 is 23.4 Å². The summed E-state index contributed by atoms with van der Waals surface area (Å²) in [6.07, 6.45) is -0.286. The summed E-state index contributed by atoms with van der Waals surface area (Å²) in [5.74, 6) is -3.02. The fourth-order valence-electron chi connectivity index (χ4n) is 2.47. The summed E-state index contributed by atoms with van der Waals surface area (Å²) in [4.78, 5) is 12.5. The maximum atomic E-state index is 13.3. The molecule has 0 aliphatic heterocycles. The van der Waals surface area contributed by atoms with Gasteiger partial charge in [0.2, 0.25) is 5.92 Å². The first-order chi connectivity index (χ1) is 10.4. The van der Waals surface area contributed by atoms with Gasteiger partial charge in [-0.2, -0.15) is 0 Å². The van der Waals surface area contributed by atoms with E-state index in [1.165, 1.54) is 0 Å². The first kappa shape index (κ1) is 17.2. The van der Waals surface area contributed by atoms with E-state index in [0.29, 0.717) is 10.6 Å². The molecule has 0 unspecified atom stereocenters. The number of carbonyl (C=O) groups excluding carboxylic acids is 1. The molecule has 124 valence electrons.